The average molecular weight is 353 g/mol. The Morgan fingerprint density at radius 1 is 1.42 bits per heavy atom. The molecule has 0 bridgehead atoms. The van der Waals surface area contributed by atoms with Crippen LogP contribution in [-0.4, -0.2) is 29.2 Å². The highest BCUT2D eigenvalue weighted by Gasteiger charge is 2.19. The van der Waals surface area contributed by atoms with Gasteiger partial charge in [-0.3, -0.25) is 0 Å². The van der Waals surface area contributed by atoms with Crippen LogP contribution in [0.5, 0.6) is 6.01 Å². The van der Waals surface area contributed by atoms with E-state index in [0.717, 1.165) is 10.1 Å². The van der Waals surface area contributed by atoms with Crippen molar-refractivity contribution in [2.45, 2.75) is 31.8 Å². The summed E-state index contributed by atoms with van der Waals surface area (Å²) in [5.74, 6) is 0.292. The Labute approximate surface area is 139 Å². The third-order valence-corrected chi connectivity index (χ3v) is 4.32. The van der Waals surface area contributed by atoms with Gasteiger partial charge in [-0.15, -0.1) is 0 Å². The number of carboxylic acid groups (broad SMARTS) is 1. The minimum atomic E-state index is -3.93. The first-order valence-electron chi connectivity index (χ1n) is 7.23. The van der Waals surface area contributed by atoms with E-state index in [0.29, 0.717) is 17.9 Å². The number of primary sulfonamides is 1. The molecule has 9 heteroatoms. The molecule has 0 spiro atoms. The highest BCUT2D eigenvalue weighted by atomic mass is 32.2. The number of rotatable bonds is 6. The Hall–Kier alpha value is -2.39. The molecule has 0 radical (unpaired) electrons. The zero-order valence-corrected chi connectivity index (χ0v) is 14.2. The van der Waals surface area contributed by atoms with Crippen LogP contribution < -0.4 is 9.88 Å². The van der Waals surface area contributed by atoms with Crippen LogP contribution in [0, 0.1) is 5.92 Å². The van der Waals surface area contributed by atoms with Gasteiger partial charge in [0.1, 0.15) is 6.61 Å². The fourth-order valence-corrected chi connectivity index (χ4v) is 3.15. The quantitative estimate of drug-likeness (QED) is 0.816. The number of sulfonamides is 1. The number of aromatic nitrogens is 2. The summed E-state index contributed by atoms with van der Waals surface area (Å²) < 4.78 is 29.9. The minimum Gasteiger partial charge on any atom is -0.464 e. The number of ether oxygens (including phenoxy) is 1. The first-order chi connectivity index (χ1) is 11.2. The van der Waals surface area contributed by atoms with E-state index in [-0.39, 0.29) is 17.5 Å². The van der Waals surface area contributed by atoms with E-state index in [1.54, 1.807) is 12.1 Å². The number of benzene rings is 1. The van der Waals surface area contributed by atoms with Gasteiger partial charge in [0.15, 0.2) is 0 Å². The number of nitrogens with zero attached hydrogens (tertiary/aromatic N) is 2. The van der Waals surface area contributed by atoms with Crippen LogP contribution in [0.15, 0.2) is 35.5 Å². The van der Waals surface area contributed by atoms with E-state index in [4.69, 9.17) is 15.0 Å². The molecule has 0 saturated carbocycles. The summed E-state index contributed by atoms with van der Waals surface area (Å²) in [5, 5.41) is 14.3. The molecule has 130 valence electrons. The van der Waals surface area contributed by atoms with Gasteiger partial charge in [0.25, 0.3) is 0 Å². The highest BCUT2D eigenvalue weighted by Crippen LogP contribution is 2.23. The maximum absolute atomic E-state index is 11.8. The molecule has 0 aliphatic carbocycles. The molecule has 24 heavy (non-hydrogen) atoms. The molecular formula is C15H19N3O5S. The fraction of sp³-hybridized carbons (Fsp3) is 0.333. The summed E-state index contributed by atoms with van der Waals surface area (Å²) in [6, 6.07) is 4.69. The lowest BCUT2D eigenvalue weighted by Crippen LogP contribution is -2.18. The summed E-state index contributed by atoms with van der Waals surface area (Å²) in [6.45, 7) is 3.86. The number of carbonyl (C=O) groups is 1. The van der Waals surface area contributed by atoms with Crippen LogP contribution in [0.25, 0.3) is 0 Å². The maximum Gasteiger partial charge on any atom is 0.419 e. The Bertz CT molecular complexity index is 843. The molecule has 1 aromatic carbocycles. The molecular weight excluding hydrogens is 334 g/mol. The largest absolute Gasteiger partial charge is 0.464 e. The Morgan fingerprint density at radius 2 is 2.12 bits per heavy atom. The maximum atomic E-state index is 11.8. The molecule has 0 fully saturated rings. The van der Waals surface area contributed by atoms with E-state index >= 15 is 0 Å². The molecule has 0 unspecified atom stereocenters. The minimum absolute atomic E-state index is 0.0333. The first-order valence-corrected chi connectivity index (χ1v) is 8.77. The number of hydrogen-bond donors (Lipinski definition) is 2. The van der Waals surface area contributed by atoms with Crippen molar-refractivity contribution in [2.24, 2.45) is 11.1 Å². The van der Waals surface area contributed by atoms with E-state index in [9.17, 15) is 13.2 Å². The topological polar surface area (TPSA) is 125 Å². The molecule has 0 saturated heterocycles. The van der Waals surface area contributed by atoms with Crippen molar-refractivity contribution in [1.82, 2.24) is 9.55 Å². The molecule has 0 aliphatic heterocycles. The molecule has 1 heterocycles. The zero-order valence-electron chi connectivity index (χ0n) is 13.3. The highest BCUT2D eigenvalue weighted by molar-refractivity contribution is 7.89. The second kappa shape index (κ2) is 7.02. The van der Waals surface area contributed by atoms with Gasteiger partial charge in [0.2, 0.25) is 10.0 Å². The van der Waals surface area contributed by atoms with Gasteiger partial charge < -0.3 is 9.84 Å². The Kier molecular flexibility index (Phi) is 5.25. The molecule has 2 aromatic rings. The predicted octanol–water partition coefficient (Wildman–Crippen LogP) is 1.83. The van der Waals surface area contributed by atoms with Crippen LogP contribution in [0.4, 0.5) is 4.79 Å². The summed E-state index contributed by atoms with van der Waals surface area (Å²) in [6.07, 6.45) is 1.90. The molecule has 3 N–H and O–H groups in total. The van der Waals surface area contributed by atoms with E-state index < -0.39 is 16.1 Å². The van der Waals surface area contributed by atoms with Crippen LogP contribution in [0.2, 0.25) is 0 Å². The van der Waals surface area contributed by atoms with Gasteiger partial charge in [-0.05, 0) is 24.0 Å². The fourth-order valence-electron chi connectivity index (χ4n) is 2.35. The Balaban J connectivity index is 2.40. The zero-order chi connectivity index (χ0) is 17.9. The smallest absolute Gasteiger partial charge is 0.419 e. The van der Waals surface area contributed by atoms with Crippen molar-refractivity contribution in [3.05, 3.63) is 41.7 Å². The lowest BCUT2D eigenvalue weighted by molar-refractivity contribution is 0.187. The van der Waals surface area contributed by atoms with Crippen molar-refractivity contribution in [3.63, 3.8) is 0 Å². The number of imidazole rings is 1. The van der Waals surface area contributed by atoms with Crippen molar-refractivity contribution < 1.29 is 23.1 Å². The number of nitrogens with two attached hydrogens (primary N) is 1. The lowest BCUT2D eigenvalue weighted by atomic mass is 9.98. The monoisotopic (exact) mass is 353 g/mol. The van der Waals surface area contributed by atoms with Crippen molar-refractivity contribution >= 4 is 16.1 Å². The molecule has 0 atom stereocenters. The van der Waals surface area contributed by atoms with Gasteiger partial charge in [-0.25, -0.2) is 27.9 Å². The first kappa shape index (κ1) is 18.0. The van der Waals surface area contributed by atoms with Crippen LogP contribution >= 0.6 is 0 Å². The van der Waals surface area contributed by atoms with Crippen LogP contribution in [0.1, 0.15) is 25.0 Å². The van der Waals surface area contributed by atoms with Crippen molar-refractivity contribution in [3.8, 4) is 6.01 Å². The summed E-state index contributed by atoms with van der Waals surface area (Å²) in [7, 11) is -3.93. The van der Waals surface area contributed by atoms with Gasteiger partial charge in [-0.1, -0.05) is 26.0 Å². The molecule has 8 nitrogen and oxygen atoms in total. The van der Waals surface area contributed by atoms with E-state index in [2.05, 4.69) is 4.98 Å². The SMILES string of the molecule is CC(C)Cc1cccc(S(N)(=O)=O)c1COc1nccn1C(=O)O. The Morgan fingerprint density at radius 3 is 2.71 bits per heavy atom. The second-order valence-electron chi connectivity index (χ2n) is 5.69. The lowest BCUT2D eigenvalue weighted by Gasteiger charge is -2.15. The van der Waals surface area contributed by atoms with Crippen molar-refractivity contribution in [2.75, 3.05) is 0 Å². The summed E-state index contributed by atoms with van der Waals surface area (Å²) in [5.41, 5.74) is 1.19. The molecule has 0 aliphatic rings. The van der Waals surface area contributed by atoms with E-state index in [1.807, 2.05) is 13.8 Å². The van der Waals surface area contributed by atoms with Gasteiger partial charge in [0, 0.05) is 18.0 Å². The second-order valence-corrected chi connectivity index (χ2v) is 7.22. The molecule has 1 aromatic heterocycles. The van der Waals surface area contributed by atoms with Crippen molar-refractivity contribution in [1.29, 1.82) is 0 Å². The predicted molar refractivity (Wildman–Crippen MR) is 86.3 cm³/mol. The normalized spacial score (nSPS) is 11.7. The van der Waals surface area contributed by atoms with E-state index in [1.165, 1.54) is 18.5 Å². The van der Waals surface area contributed by atoms with Crippen LogP contribution in [-0.2, 0) is 23.1 Å². The third-order valence-electron chi connectivity index (χ3n) is 3.32. The third kappa shape index (κ3) is 4.12. The standard InChI is InChI=1S/C15H19N3O5S/c1-10(2)8-11-4-3-5-13(24(16,21)22)12(11)9-23-14-17-6-7-18(14)15(19)20/h3-7,10H,8-9H2,1-2H3,(H,19,20)(H2,16,21,22). The van der Waals surface area contributed by atoms with Gasteiger partial charge in [-0.2, -0.15) is 0 Å². The molecule has 0 amide bonds. The van der Waals surface area contributed by atoms with Gasteiger partial charge in [0.05, 0.1) is 4.90 Å². The summed E-state index contributed by atoms with van der Waals surface area (Å²) in [4.78, 5) is 14.8. The van der Waals surface area contributed by atoms with Gasteiger partial charge >= 0.3 is 12.1 Å². The summed E-state index contributed by atoms with van der Waals surface area (Å²) >= 11 is 0. The van der Waals surface area contributed by atoms with Crippen LogP contribution in [0.3, 0.4) is 0 Å². The number of hydrogen-bond acceptors (Lipinski definition) is 5. The molecule has 2 rings (SSSR count). The average Bonchev–Trinajstić information content (AvgIpc) is 2.92.